The highest BCUT2D eigenvalue weighted by molar-refractivity contribution is 7.98. The van der Waals surface area contributed by atoms with Crippen molar-refractivity contribution in [2.45, 2.75) is 11.6 Å². The molecule has 0 aliphatic carbocycles. The van der Waals surface area contributed by atoms with Crippen molar-refractivity contribution < 1.29 is 4.92 Å². The Morgan fingerprint density at radius 3 is 2.52 bits per heavy atom. The number of aromatic nitrogens is 3. The average molecular weight is 353 g/mol. The minimum absolute atomic E-state index is 0.0519. The van der Waals surface area contributed by atoms with Gasteiger partial charge in [-0.15, -0.1) is 10.2 Å². The molecule has 1 heterocycles. The van der Waals surface area contributed by atoms with Gasteiger partial charge in [-0.1, -0.05) is 42.1 Å². The fraction of sp³-hybridized carbons (Fsp3) is 0.118. The molecule has 8 heteroatoms. The minimum Gasteiger partial charge on any atom is -0.258 e. The number of hydrogen-bond acceptors (Lipinski definition) is 6. The molecule has 0 unspecified atom stereocenters. The van der Waals surface area contributed by atoms with Crippen molar-refractivity contribution in [1.29, 1.82) is 0 Å². The summed E-state index contributed by atoms with van der Waals surface area (Å²) in [7, 11) is 0. The predicted molar refractivity (Wildman–Crippen MR) is 97.1 cm³/mol. The van der Waals surface area contributed by atoms with Crippen LogP contribution in [0.25, 0.3) is 0 Å². The molecule has 1 aromatic heterocycles. The van der Waals surface area contributed by atoms with Gasteiger partial charge in [0.05, 0.1) is 11.1 Å². The molecule has 0 saturated heterocycles. The Morgan fingerprint density at radius 1 is 1.16 bits per heavy atom. The van der Waals surface area contributed by atoms with E-state index in [0.717, 1.165) is 17.0 Å². The van der Waals surface area contributed by atoms with Crippen LogP contribution in [0, 0.1) is 10.1 Å². The molecule has 3 aromatic rings. The maximum absolute atomic E-state index is 10.7. The summed E-state index contributed by atoms with van der Waals surface area (Å²) in [5, 5.41) is 24.2. The van der Waals surface area contributed by atoms with Crippen LogP contribution in [-0.4, -0.2) is 32.3 Å². The van der Waals surface area contributed by atoms with Crippen LogP contribution in [0.5, 0.6) is 0 Å². The fourth-order valence-electron chi connectivity index (χ4n) is 2.23. The summed E-state index contributed by atoms with van der Waals surface area (Å²) >= 11 is 1.45. The number of nitro benzene ring substituents is 1. The summed E-state index contributed by atoms with van der Waals surface area (Å²) in [4.78, 5) is 10.3. The molecule has 2 aromatic carbocycles. The third-order valence-electron chi connectivity index (χ3n) is 3.49. The molecule has 126 valence electrons. The van der Waals surface area contributed by atoms with Gasteiger partial charge in [-0.05, 0) is 29.5 Å². The quantitative estimate of drug-likeness (QED) is 0.293. The Kier molecular flexibility index (Phi) is 5.20. The van der Waals surface area contributed by atoms with E-state index in [1.807, 2.05) is 36.6 Å². The SMILES string of the molecule is CSc1nnc(Cc2ccccc2)n1/N=C\c1ccc([N+](=O)[O-])cc1. The van der Waals surface area contributed by atoms with Gasteiger partial charge >= 0.3 is 0 Å². The van der Waals surface area contributed by atoms with E-state index in [-0.39, 0.29) is 5.69 Å². The number of nitrogens with zero attached hydrogens (tertiary/aromatic N) is 5. The highest BCUT2D eigenvalue weighted by Crippen LogP contribution is 2.16. The number of hydrogen-bond donors (Lipinski definition) is 0. The van der Waals surface area contributed by atoms with E-state index in [2.05, 4.69) is 15.3 Å². The lowest BCUT2D eigenvalue weighted by molar-refractivity contribution is -0.384. The summed E-state index contributed by atoms with van der Waals surface area (Å²) in [6, 6.07) is 16.2. The standard InChI is InChI=1S/C17H15N5O2S/c1-25-17-20-19-16(11-13-5-3-2-4-6-13)21(17)18-12-14-7-9-15(10-8-14)22(23)24/h2-10,12H,11H2,1H3/b18-12-. The van der Waals surface area contributed by atoms with E-state index < -0.39 is 4.92 Å². The van der Waals surface area contributed by atoms with E-state index in [4.69, 9.17) is 0 Å². The molecule has 0 N–H and O–H groups in total. The summed E-state index contributed by atoms with van der Waals surface area (Å²) < 4.78 is 1.69. The van der Waals surface area contributed by atoms with Gasteiger partial charge in [-0.25, -0.2) is 0 Å². The number of thioether (sulfide) groups is 1. The van der Waals surface area contributed by atoms with Crippen molar-refractivity contribution in [3.63, 3.8) is 0 Å². The Hall–Kier alpha value is -3.00. The summed E-state index contributed by atoms with van der Waals surface area (Å²) in [5.74, 6) is 0.730. The summed E-state index contributed by atoms with van der Waals surface area (Å²) in [6.07, 6.45) is 4.17. The third-order valence-corrected chi connectivity index (χ3v) is 4.11. The van der Waals surface area contributed by atoms with Gasteiger partial charge < -0.3 is 0 Å². The summed E-state index contributed by atoms with van der Waals surface area (Å²) in [5.41, 5.74) is 1.93. The lowest BCUT2D eigenvalue weighted by atomic mass is 10.1. The molecule has 3 rings (SSSR count). The van der Waals surface area contributed by atoms with Gasteiger partial charge in [0.25, 0.3) is 5.69 Å². The largest absolute Gasteiger partial charge is 0.269 e. The van der Waals surface area contributed by atoms with Crippen LogP contribution in [0.4, 0.5) is 5.69 Å². The second-order valence-electron chi connectivity index (χ2n) is 5.17. The molecule has 7 nitrogen and oxygen atoms in total. The zero-order valence-electron chi connectivity index (χ0n) is 13.4. The Bertz CT molecular complexity index is 891. The maximum Gasteiger partial charge on any atom is 0.269 e. The molecule has 0 fully saturated rings. The van der Waals surface area contributed by atoms with Gasteiger partial charge in [0.1, 0.15) is 0 Å². The van der Waals surface area contributed by atoms with Crippen LogP contribution in [0.3, 0.4) is 0 Å². The predicted octanol–water partition coefficient (Wildman–Crippen LogP) is 3.38. The number of non-ortho nitro benzene ring substituents is 1. The zero-order chi connectivity index (χ0) is 17.6. The van der Waals surface area contributed by atoms with Gasteiger partial charge in [-0.2, -0.15) is 9.78 Å². The molecule has 0 radical (unpaired) electrons. The first kappa shape index (κ1) is 16.8. The van der Waals surface area contributed by atoms with E-state index in [1.54, 1.807) is 23.0 Å². The van der Waals surface area contributed by atoms with Crippen molar-refractivity contribution in [3.8, 4) is 0 Å². The van der Waals surface area contributed by atoms with Crippen molar-refractivity contribution >= 4 is 23.7 Å². The normalized spacial score (nSPS) is 11.1. The monoisotopic (exact) mass is 353 g/mol. The first-order chi connectivity index (χ1) is 12.2. The molecule has 0 saturated carbocycles. The van der Waals surface area contributed by atoms with Crippen molar-refractivity contribution in [3.05, 3.63) is 81.7 Å². The van der Waals surface area contributed by atoms with Crippen molar-refractivity contribution in [2.75, 3.05) is 6.26 Å². The van der Waals surface area contributed by atoms with Gasteiger partial charge in [0.15, 0.2) is 5.82 Å². The van der Waals surface area contributed by atoms with Crippen LogP contribution in [0.1, 0.15) is 17.0 Å². The van der Waals surface area contributed by atoms with Crippen LogP contribution in [0.2, 0.25) is 0 Å². The van der Waals surface area contributed by atoms with Gasteiger partial charge in [0.2, 0.25) is 5.16 Å². The molecular formula is C17H15N5O2S. The summed E-state index contributed by atoms with van der Waals surface area (Å²) in [6.45, 7) is 0. The van der Waals surface area contributed by atoms with E-state index >= 15 is 0 Å². The number of benzene rings is 2. The minimum atomic E-state index is -0.426. The lowest BCUT2D eigenvalue weighted by Gasteiger charge is -2.03. The number of nitro groups is 1. The van der Waals surface area contributed by atoms with Gasteiger partial charge in [0, 0.05) is 18.6 Å². The van der Waals surface area contributed by atoms with Crippen molar-refractivity contribution in [1.82, 2.24) is 14.9 Å². The molecule has 0 spiro atoms. The van der Waals surface area contributed by atoms with Crippen LogP contribution < -0.4 is 0 Å². The molecule has 0 atom stereocenters. The Morgan fingerprint density at radius 2 is 1.88 bits per heavy atom. The molecule has 0 aliphatic heterocycles. The second-order valence-corrected chi connectivity index (χ2v) is 5.94. The second kappa shape index (κ2) is 7.71. The average Bonchev–Trinajstić information content (AvgIpc) is 3.02. The van der Waals surface area contributed by atoms with Crippen molar-refractivity contribution in [2.24, 2.45) is 5.10 Å². The fourth-order valence-corrected chi connectivity index (χ4v) is 2.68. The highest BCUT2D eigenvalue weighted by Gasteiger charge is 2.11. The van der Waals surface area contributed by atoms with Crippen LogP contribution in [-0.2, 0) is 6.42 Å². The number of rotatable bonds is 6. The first-order valence-electron chi connectivity index (χ1n) is 7.48. The molecular weight excluding hydrogens is 338 g/mol. The maximum atomic E-state index is 10.7. The first-order valence-corrected chi connectivity index (χ1v) is 8.71. The van der Waals surface area contributed by atoms with E-state index in [1.165, 1.54) is 23.9 Å². The lowest BCUT2D eigenvalue weighted by Crippen LogP contribution is -2.01. The van der Waals surface area contributed by atoms with E-state index in [9.17, 15) is 10.1 Å². The molecule has 0 amide bonds. The third kappa shape index (κ3) is 4.10. The van der Waals surface area contributed by atoms with E-state index in [0.29, 0.717) is 11.6 Å². The smallest absolute Gasteiger partial charge is 0.258 e. The molecule has 0 bridgehead atoms. The molecule has 25 heavy (non-hydrogen) atoms. The Balaban J connectivity index is 1.85. The topological polar surface area (TPSA) is 86.2 Å². The highest BCUT2D eigenvalue weighted by atomic mass is 32.2. The van der Waals surface area contributed by atoms with Crippen LogP contribution in [0.15, 0.2) is 64.9 Å². The van der Waals surface area contributed by atoms with Crippen LogP contribution >= 0.6 is 11.8 Å². The van der Waals surface area contributed by atoms with Gasteiger partial charge in [-0.3, -0.25) is 10.1 Å². The zero-order valence-corrected chi connectivity index (χ0v) is 14.3. The Labute approximate surface area is 148 Å². The molecule has 0 aliphatic rings.